The summed E-state index contributed by atoms with van der Waals surface area (Å²) in [7, 11) is 0. The maximum absolute atomic E-state index is 12.9. The van der Waals surface area contributed by atoms with Crippen molar-refractivity contribution in [2.24, 2.45) is 5.73 Å². The molecule has 0 fully saturated rings. The molecule has 0 aliphatic rings. The van der Waals surface area contributed by atoms with Gasteiger partial charge in [0.1, 0.15) is 0 Å². The molecule has 3 rings (SSSR count). The number of aromatic amines is 1. The molecule has 3 aromatic rings. The summed E-state index contributed by atoms with van der Waals surface area (Å²) in [6, 6.07) is 12.1. The summed E-state index contributed by atoms with van der Waals surface area (Å²) in [5, 5.41) is 3.88. The van der Waals surface area contributed by atoms with Crippen LogP contribution < -0.4 is 16.6 Å². The van der Waals surface area contributed by atoms with Crippen molar-refractivity contribution in [2.75, 3.05) is 0 Å². The van der Waals surface area contributed by atoms with Gasteiger partial charge < -0.3 is 16.0 Å². The molecule has 0 aliphatic heterocycles. The number of allylic oxidation sites excluding steroid dienone is 4. The van der Waals surface area contributed by atoms with Crippen molar-refractivity contribution in [1.82, 2.24) is 14.9 Å². The van der Waals surface area contributed by atoms with Crippen molar-refractivity contribution in [3.63, 3.8) is 0 Å². The van der Waals surface area contributed by atoms with E-state index in [1.54, 1.807) is 48.6 Å². The topological polar surface area (TPSA) is 92.9 Å². The zero-order valence-corrected chi connectivity index (χ0v) is 18.2. The van der Waals surface area contributed by atoms with Crippen LogP contribution in [-0.2, 0) is 13.1 Å². The molecule has 1 heterocycles. The van der Waals surface area contributed by atoms with Gasteiger partial charge in [0, 0.05) is 17.1 Å². The summed E-state index contributed by atoms with van der Waals surface area (Å²) in [6.45, 7) is 4.50. The average molecular weight is 453 g/mol. The molecule has 0 atom stereocenters. The van der Waals surface area contributed by atoms with Gasteiger partial charge in [-0.25, -0.2) is 0 Å². The Hall–Kier alpha value is -3.42. The second kappa shape index (κ2) is 10.1. The van der Waals surface area contributed by atoms with Crippen LogP contribution in [-0.4, -0.2) is 15.5 Å². The smallest absolute Gasteiger partial charge is 0.262 e. The van der Waals surface area contributed by atoms with E-state index in [1.165, 1.54) is 10.8 Å². The molecule has 0 saturated heterocycles. The molecule has 6 nitrogen and oxygen atoms in total. The lowest BCUT2D eigenvalue weighted by Crippen LogP contribution is -2.24. The van der Waals surface area contributed by atoms with E-state index in [4.69, 9.17) is 29.6 Å². The number of nitrogens with one attached hydrogen (secondary N) is 2. The van der Waals surface area contributed by atoms with E-state index in [1.807, 2.05) is 12.1 Å². The molecule has 0 bridgehead atoms. The zero-order chi connectivity index (χ0) is 22.4. The predicted octanol–water partition coefficient (Wildman–Crippen LogP) is 4.23. The van der Waals surface area contributed by atoms with Crippen LogP contribution in [0.25, 0.3) is 10.9 Å². The van der Waals surface area contributed by atoms with E-state index in [0.29, 0.717) is 33.6 Å². The van der Waals surface area contributed by atoms with Crippen LogP contribution in [0.3, 0.4) is 0 Å². The fraction of sp³-hybridized carbons (Fsp3) is 0.0870. The van der Waals surface area contributed by atoms with Crippen molar-refractivity contribution in [3.05, 3.63) is 110 Å². The number of rotatable bonds is 7. The monoisotopic (exact) mass is 452 g/mol. The molecule has 0 radical (unpaired) electrons. The van der Waals surface area contributed by atoms with Crippen LogP contribution >= 0.6 is 23.8 Å². The van der Waals surface area contributed by atoms with Crippen molar-refractivity contribution in [1.29, 1.82) is 0 Å². The Kier molecular flexibility index (Phi) is 7.23. The number of hydrogen-bond acceptors (Lipinski definition) is 4. The number of carbonyl (C=O) groups is 1. The third kappa shape index (κ3) is 5.59. The minimum atomic E-state index is -0.267. The Morgan fingerprint density at radius 1 is 1.26 bits per heavy atom. The second-order valence-corrected chi connectivity index (χ2v) is 7.62. The summed E-state index contributed by atoms with van der Waals surface area (Å²) in [4.78, 5) is 28.5. The van der Waals surface area contributed by atoms with Crippen molar-refractivity contribution in [3.8, 4) is 0 Å². The van der Waals surface area contributed by atoms with E-state index in [9.17, 15) is 9.59 Å². The molecule has 4 N–H and O–H groups in total. The summed E-state index contributed by atoms with van der Waals surface area (Å²) in [5.41, 5.74) is 7.53. The molecule has 0 spiro atoms. The van der Waals surface area contributed by atoms with Crippen LogP contribution in [0, 0.1) is 4.77 Å². The Morgan fingerprint density at radius 3 is 2.81 bits per heavy atom. The van der Waals surface area contributed by atoms with Crippen LogP contribution in [0.2, 0.25) is 5.02 Å². The van der Waals surface area contributed by atoms with Gasteiger partial charge in [-0.1, -0.05) is 42.5 Å². The van der Waals surface area contributed by atoms with Gasteiger partial charge in [-0.15, -0.1) is 0 Å². The van der Waals surface area contributed by atoms with Crippen molar-refractivity contribution < 1.29 is 4.79 Å². The standard InChI is InChI=1S/C23H21ClN4O2S/c1-15(5-2-3-10-25)14-28-22(30)19-9-8-17(12-20(19)27-23(28)31)21(29)26-13-16-6-4-7-18(24)11-16/h2-12H,1,13-14,25H2,(H,26,29)(H,27,31)/b5-2-,10-3-. The number of H-pyrrole nitrogens is 1. The summed E-state index contributed by atoms with van der Waals surface area (Å²) >= 11 is 11.3. The normalized spacial score (nSPS) is 11.4. The zero-order valence-electron chi connectivity index (χ0n) is 16.6. The van der Waals surface area contributed by atoms with Crippen LogP contribution in [0.4, 0.5) is 0 Å². The molecule has 8 heteroatoms. The number of carbonyl (C=O) groups excluding carboxylic acids is 1. The van der Waals surface area contributed by atoms with Crippen LogP contribution in [0.15, 0.2) is 83.8 Å². The highest BCUT2D eigenvalue weighted by atomic mass is 35.5. The highest BCUT2D eigenvalue weighted by molar-refractivity contribution is 7.71. The third-order valence-electron chi connectivity index (χ3n) is 4.50. The number of fused-ring (bicyclic) bond motifs is 1. The van der Waals surface area contributed by atoms with E-state index in [-0.39, 0.29) is 22.8 Å². The van der Waals surface area contributed by atoms with Crippen LogP contribution in [0.5, 0.6) is 0 Å². The van der Waals surface area contributed by atoms with E-state index >= 15 is 0 Å². The largest absolute Gasteiger partial charge is 0.405 e. The first kappa shape index (κ1) is 22.3. The van der Waals surface area contributed by atoms with Gasteiger partial charge in [0.25, 0.3) is 11.5 Å². The molecular formula is C23H21ClN4O2S. The predicted molar refractivity (Wildman–Crippen MR) is 128 cm³/mol. The summed E-state index contributed by atoms with van der Waals surface area (Å²) < 4.78 is 1.67. The van der Waals surface area contributed by atoms with Gasteiger partial charge in [-0.05, 0) is 66.0 Å². The SMILES string of the molecule is C=C(/C=C\C=C/N)Cn1c(=S)[nH]c2cc(C(=O)NCc3cccc(Cl)c3)ccc2c1=O. The fourth-order valence-corrected chi connectivity index (χ4v) is 3.45. The van der Waals surface area contributed by atoms with Gasteiger partial charge >= 0.3 is 0 Å². The Bertz CT molecular complexity index is 1320. The first-order valence-electron chi connectivity index (χ1n) is 9.41. The molecule has 0 saturated carbocycles. The molecule has 2 aromatic carbocycles. The van der Waals surface area contributed by atoms with E-state index in [2.05, 4.69) is 16.9 Å². The van der Waals surface area contributed by atoms with Crippen LogP contribution in [0.1, 0.15) is 15.9 Å². The quantitative estimate of drug-likeness (QED) is 0.369. The molecule has 0 aliphatic carbocycles. The lowest BCUT2D eigenvalue weighted by atomic mass is 10.1. The van der Waals surface area contributed by atoms with E-state index < -0.39 is 0 Å². The number of hydrogen-bond donors (Lipinski definition) is 3. The van der Waals surface area contributed by atoms with Gasteiger partial charge in [0.15, 0.2) is 4.77 Å². The molecule has 158 valence electrons. The molecule has 1 amide bonds. The minimum absolute atomic E-state index is 0.237. The number of amides is 1. The number of nitrogens with zero attached hydrogens (tertiary/aromatic N) is 1. The van der Waals surface area contributed by atoms with E-state index in [0.717, 1.165) is 5.56 Å². The third-order valence-corrected chi connectivity index (χ3v) is 5.06. The van der Waals surface area contributed by atoms with Gasteiger partial charge in [0.05, 0.1) is 17.4 Å². The lowest BCUT2D eigenvalue weighted by molar-refractivity contribution is 0.0951. The highest BCUT2D eigenvalue weighted by Crippen LogP contribution is 2.13. The highest BCUT2D eigenvalue weighted by Gasteiger charge is 2.11. The van der Waals surface area contributed by atoms with Gasteiger partial charge in [-0.3, -0.25) is 14.2 Å². The van der Waals surface area contributed by atoms with Gasteiger partial charge in [-0.2, -0.15) is 0 Å². The molecule has 1 aromatic heterocycles. The molecule has 0 unspecified atom stereocenters. The second-order valence-electron chi connectivity index (χ2n) is 6.80. The molecular weight excluding hydrogens is 432 g/mol. The maximum atomic E-state index is 12.9. The summed E-state index contributed by atoms with van der Waals surface area (Å²) in [5.74, 6) is -0.267. The Balaban J connectivity index is 1.82. The maximum Gasteiger partial charge on any atom is 0.262 e. The Morgan fingerprint density at radius 2 is 2.06 bits per heavy atom. The lowest BCUT2D eigenvalue weighted by Gasteiger charge is -2.10. The number of aromatic nitrogens is 2. The van der Waals surface area contributed by atoms with Crippen molar-refractivity contribution >= 4 is 40.6 Å². The first-order chi connectivity index (χ1) is 14.9. The van der Waals surface area contributed by atoms with Crippen molar-refractivity contribution in [2.45, 2.75) is 13.1 Å². The number of halogens is 1. The minimum Gasteiger partial charge on any atom is -0.405 e. The molecule has 31 heavy (non-hydrogen) atoms. The summed E-state index contributed by atoms with van der Waals surface area (Å²) in [6.07, 6.45) is 6.55. The number of nitrogens with two attached hydrogens (primary N) is 1. The fourth-order valence-electron chi connectivity index (χ4n) is 2.98. The average Bonchev–Trinajstić information content (AvgIpc) is 2.75. The Labute approximate surface area is 189 Å². The number of benzene rings is 2. The first-order valence-corrected chi connectivity index (χ1v) is 10.2. The van der Waals surface area contributed by atoms with Gasteiger partial charge in [0.2, 0.25) is 0 Å².